The van der Waals surface area contributed by atoms with Gasteiger partial charge in [-0.15, -0.1) is 11.3 Å². The minimum absolute atomic E-state index is 0.0390. The summed E-state index contributed by atoms with van der Waals surface area (Å²) in [6.45, 7) is 11.7. The number of rotatable bonds is 13. The number of ether oxygens (including phenoxy) is 1. The molecule has 1 saturated heterocycles. The number of hydrogen-bond donors (Lipinski definition) is 5. The van der Waals surface area contributed by atoms with E-state index >= 15 is 0 Å². The van der Waals surface area contributed by atoms with Gasteiger partial charge in [0.15, 0.2) is 5.01 Å². The van der Waals surface area contributed by atoms with Gasteiger partial charge in [0.1, 0.15) is 23.7 Å². The molecule has 18 heteroatoms. The van der Waals surface area contributed by atoms with Crippen LogP contribution >= 0.6 is 11.3 Å². The van der Waals surface area contributed by atoms with Gasteiger partial charge in [0, 0.05) is 79.4 Å². The Kier molecular flexibility index (Phi) is 16.4. The standard InChI is InChI=1S/C54H69N9O8S/c1-11-62-43-20-19-35-28-40(43)41(47(62)39-17-13-12-16-36(39)30-60(8)9)29-53(4,5)32-71-52(69)54(70)21-15-23-63(58-54)50(67)42(26-34-24-37(35)27-38(64)25-34)55-48(66)46(33(2)3)61(10)51(68)49-57-44(31-72-49)56-45(65)18-14-22-59(6)7/h12-14,16-20,24-25,27-28,31,33,42,46,58,64,70H,11,15,21-23,26,29-30,32H2,1-10H3,(H,55,66)(H,56,65)/b18-14+/t42-,46-,54-/m0/s1. The SMILES string of the molecule is CCn1c(-c2ccccc2CN(C)C)c2c3cc(ccc31)-c1cc(O)cc(c1)C[C@H](NC(=O)[C@H](C(C)C)N(C)C(=O)c1nc(NC(=O)/C=C/CN(C)C)cs1)C(=O)N1CCC[C@@](O)(N1)C(=O)OCC(C)(C)C2. The minimum atomic E-state index is -2.27. The lowest BCUT2D eigenvalue weighted by atomic mass is 9.83. The van der Waals surface area contributed by atoms with Gasteiger partial charge in [-0.05, 0) is 106 Å². The lowest BCUT2D eigenvalue weighted by Crippen LogP contribution is -2.67. The van der Waals surface area contributed by atoms with Crippen LogP contribution in [0.2, 0.25) is 0 Å². The Morgan fingerprint density at radius 1 is 1.01 bits per heavy atom. The fourth-order valence-corrected chi connectivity index (χ4v) is 10.4. The van der Waals surface area contributed by atoms with Gasteiger partial charge in [-0.1, -0.05) is 70.2 Å². The third kappa shape index (κ3) is 12.1. The van der Waals surface area contributed by atoms with Gasteiger partial charge in [-0.25, -0.2) is 9.78 Å². The summed E-state index contributed by atoms with van der Waals surface area (Å²) in [5.41, 5.74) is 7.23. The molecule has 4 amide bonds. The molecule has 0 radical (unpaired) electrons. The number of nitrogens with zero attached hydrogens (tertiary/aromatic N) is 6. The Morgan fingerprint density at radius 2 is 1.76 bits per heavy atom. The molecule has 0 spiro atoms. The van der Waals surface area contributed by atoms with E-state index in [-0.39, 0.29) is 49.0 Å². The molecule has 5 aromatic rings. The fraction of sp³-hybridized carbons (Fsp3) is 0.444. The van der Waals surface area contributed by atoms with E-state index in [1.807, 2.05) is 71.2 Å². The van der Waals surface area contributed by atoms with Gasteiger partial charge in [-0.2, -0.15) is 5.43 Å². The van der Waals surface area contributed by atoms with Gasteiger partial charge >= 0.3 is 5.97 Å². The lowest BCUT2D eigenvalue weighted by molar-refractivity contribution is -0.189. The molecule has 0 unspecified atom stereocenters. The first-order chi connectivity index (χ1) is 34.1. The summed E-state index contributed by atoms with van der Waals surface area (Å²) in [6.07, 6.45) is 3.65. The highest BCUT2D eigenvalue weighted by Crippen LogP contribution is 2.42. The average Bonchev–Trinajstić information content (AvgIpc) is 3.90. The smallest absolute Gasteiger partial charge is 0.355 e. The van der Waals surface area contributed by atoms with Gasteiger partial charge in [0.25, 0.3) is 11.8 Å². The van der Waals surface area contributed by atoms with Crippen LogP contribution < -0.4 is 16.1 Å². The summed E-state index contributed by atoms with van der Waals surface area (Å²) in [4.78, 5) is 79.6. The second-order valence-corrected chi connectivity index (χ2v) is 21.5. The number of phenolic OH excluding ortho intramolecular Hbond substituents is 1. The van der Waals surface area contributed by atoms with Crippen LogP contribution in [0, 0.1) is 11.3 Å². The number of phenols is 1. The van der Waals surface area contributed by atoms with E-state index in [9.17, 15) is 34.2 Å². The largest absolute Gasteiger partial charge is 0.508 e. The number of aromatic nitrogens is 2. The number of carbonyl (C=O) groups excluding carboxylic acids is 5. The van der Waals surface area contributed by atoms with Gasteiger partial charge < -0.3 is 44.9 Å². The third-order valence-electron chi connectivity index (χ3n) is 13.0. The molecule has 4 heterocycles. The molecule has 2 aliphatic rings. The number of nitrogens with one attached hydrogen (secondary N) is 3. The van der Waals surface area contributed by atoms with Crippen LogP contribution in [0.5, 0.6) is 5.75 Å². The number of aryl methyl sites for hydroxylation is 1. The zero-order valence-corrected chi connectivity index (χ0v) is 43.9. The van der Waals surface area contributed by atoms with Crippen molar-refractivity contribution in [3.63, 3.8) is 0 Å². The van der Waals surface area contributed by atoms with Crippen molar-refractivity contribution in [3.05, 3.63) is 99.9 Å². The topological polar surface area (TPSA) is 202 Å². The van der Waals surface area contributed by atoms with Crippen molar-refractivity contribution in [2.75, 3.05) is 60.3 Å². The molecule has 3 aromatic carbocycles. The number of aromatic hydroxyl groups is 1. The summed E-state index contributed by atoms with van der Waals surface area (Å²) >= 11 is 1.01. The summed E-state index contributed by atoms with van der Waals surface area (Å²) in [5.74, 6) is -3.55. The van der Waals surface area contributed by atoms with E-state index in [4.69, 9.17) is 4.74 Å². The molecule has 17 nitrogen and oxygen atoms in total. The molecule has 7 rings (SSSR count). The van der Waals surface area contributed by atoms with Gasteiger partial charge in [-0.3, -0.25) is 24.2 Å². The van der Waals surface area contributed by atoms with Crippen LogP contribution in [0.25, 0.3) is 33.3 Å². The predicted octanol–water partition coefficient (Wildman–Crippen LogP) is 6.04. The Labute approximate surface area is 425 Å². The lowest BCUT2D eigenvalue weighted by Gasteiger charge is -2.40. The maximum atomic E-state index is 14.8. The normalized spacial score (nSPS) is 18.9. The molecule has 0 aliphatic carbocycles. The Hall–Kier alpha value is -6.44. The number of benzene rings is 3. The Balaban J connectivity index is 1.28. The summed E-state index contributed by atoms with van der Waals surface area (Å²) in [5, 5.41) is 32.6. The molecule has 2 aromatic heterocycles. The minimum Gasteiger partial charge on any atom is -0.508 e. The zero-order chi connectivity index (χ0) is 52.2. The molecule has 0 saturated carbocycles. The van der Waals surface area contributed by atoms with Crippen molar-refractivity contribution in [2.24, 2.45) is 11.3 Å². The maximum Gasteiger partial charge on any atom is 0.355 e. The van der Waals surface area contributed by atoms with Gasteiger partial charge in [0.05, 0.1) is 12.3 Å². The first-order valence-electron chi connectivity index (χ1n) is 24.4. The summed E-state index contributed by atoms with van der Waals surface area (Å²) in [6, 6.07) is 17.3. The van der Waals surface area contributed by atoms with E-state index in [0.717, 1.165) is 55.2 Å². The van der Waals surface area contributed by atoms with Crippen LogP contribution in [0.3, 0.4) is 0 Å². The number of hydrogen-bond acceptors (Lipinski definition) is 13. The van der Waals surface area contributed by atoms with E-state index in [1.165, 1.54) is 24.1 Å². The monoisotopic (exact) mass is 1000 g/mol. The van der Waals surface area contributed by atoms with E-state index < -0.39 is 58.7 Å². The third-order valence-corrected chi connectivity index (χ3v) is 13.8. The predicted molar refractivity (Wildman–Crippen MR) is 280 cm³/mol. The quantitative estimate of drug-likeness (QED) is 0.0678. The average molecular weight is 1000 g/mol. The molecule has 384 valence electrons. The number of likely N-dealkylation sites (N-methyl/N-ethyl adjacent to an activating group) is 2. The molecular formula is C54H69N9O8S. The van der Waals surface area contributed by atoms with Crippen molar-refractivity contribution in [2.45, 2.75) is 91.2 Å². The number of cyclic esters (lactones) is 1. The first-order valence-corrected chi connectivity index (χ1v) is 25.3. The fourth-order valence-electron chi connectivity index (χ4n) is 9.71. The van der Waals surface area contributed by atoms with Crippen LogP contribution in [-0.4, -0.2) is 142 Å². The van der Waals surface area contributed by atoms with Crippen LogP contribution in [0.4, 0.5) is 5.82 Å². The number of carbonyl (C=O) groups is 5. The number of anilines is 1. The Morgan fingerprint density at radius 3 is 2.47 bits per heavy atom. The first kappa shape index (κ1) is 53.4. The molecule has 2 aliphatic heterocycles. The van der Waals surface area contributed by atoms with Crippen molar-refractivity contribution in [1.29, 1.82) is 0 Å². The number of hydrazine groups is 1. The van der Waals surface area contributed by atoms with Gasteiger partial charge in [0.2, 0.25) is 17.5 Å². The number of esters is 1. The van der Waals surface area contributed by atoms with E-state index in [2.05, 4.69) is 61.7 Å². The van der Waals surface area contributed by atoms with E-state index in [1.54, 1.807) is 31.4 Å². The maximum absolute atomic E-state index is 14.8. The number of thiazole rings is 1. The summed E-state index contributed by atoms with van der Waals surface area (Å²) < 4.78 is 8.31. The highest BCUT2D eigenvalue weighted by Gasteiger charge is 2.45. The summed E-state index contributed by atoms with van der Waals surface area (Å²) in [7, 11) is 9.32. The highest BCUT2D eigenvalue weighted by atomic mass is 32.1. The molecule has 5 N–H and O–H groups in total. The highest BCUT2D eigenvalue weighted by molar-refractivity contribution is 7.12. The van der Waals surface area contributed by atoms with Crippen molar-refractivity contribution in [1.82, 2.24) is 40.0 Å². The Bertz CT molecular complexity index is 2870. The molecule has 6 bridgehead atoms. The molecular weight excluding hydrogens is 935 g/mol. The van der Waals surface area contributed by atoms with Crippen LogP contribution in [-0.2, 0) is 49.8 Å². The van der Waals surface area contributed by atoms with Crippen molar-refractivity contribution >= 4 is 57.7 Å². The van der Waals surface area contributed by atoms with E-state index in [0.29, 0.717) is 37.2 Å². The molecule has 3 atom stereocenters. The van der Waals surface area contributed by atoms with Crippen molar-refractivity contribution in [3.8, 4) is 28.1 Å². The second-order valence-electron chi connectivity index (χ2n) is 20.6. The number of fused-ring (bicyclic) bond motifs is 6. The number of amides is 4. The zero-order valence-electron chi connectivity index (χ0n) is 43.0. The number of aliphatic hydroxyl groups is 1. The molecule has 72 heavy (non-hydrogen) atoms. The van der Waals surface area contributed by atoms with Crippen LogP contribution in [0.1, 0.15) is 74.0 Å². The molecule has 1 fully saturated rings. The van der Waals surface area contributed by atoms with Crippen LogP contribution in [0.15, 0.2) is 78.2 Å². The van der Waals surface area contributed by atoms with Crippen molar-refractivity contribution < 1.29 is 38.9 Å². The second kappa shape index (κ2) is 22.1.